The van der Waals surface area contributed by atoms with E-state index in [1.165, 1.54) is 0 Å². The van der Waals surface area contributed by atoms with Gasteiger partial charge in [-0.3, -0.25) is 19.5 Å². The van der Waals surface area contributed by atoms with Crippen LogP contribution in [0.15, 0.2) is 48.5 Å². The molecule has 2 aromatic heterocycles. The van der Waals surface area contributed by atoms with Gasteiger partial charge in [-0.05, 0) is 45.0 Å². The molecular weight excluding hydrogens is 594 g/mol. The number of carbonyl (C=O) groups excluding carboxylic acids is 3. The van der Waals surface area contributed by atoms with Crippen molar-refractivity contribution in [3.8, 4) is 5.75 Å². The van der Waals surface area contributed by atoms with Crippen LogP contribution < -0.4 is 20.7 Å². The van der Waals surface area contributed by atoms with Crippen LogP contribution in [0.25, 0.3) is 5.65 Å². The van der Waals surface area contributed by atoms with E-state index < -0.39 is 11.0 Å². The third-order valence-electron chi connectivity index (χ3n) is 8.06. The number of ether oxygens (including phenoxy) is 1. The van der Waals surface area contributed by atoms with Gasteiger partial charge in [0.1, 0.15) is 10.8 Å². The number of para-hydroxylation sites is 2. The summed E-state index contributed by atoms with van der Waals surface area (Å²) in [5, 5.41) is 21.2. The Kier molecular flexibility index (Phi) is 9.62. The summed E-state index contributed by atoms with van der Waals surface area (Å²) in [6.45, 7) is 15.7. The first-order chi connectivity index (χ1) is 21.0. The van der Waals surface area contributed by atoms with E-state index in [1.807, 2.05) is 46.8 Å². The number of aromatic amines is 1. The highest BCUT2D eigenvalue weighted by molar-refractivity contribution is 6.34. The summed E-state index contributed by atoms with van der Waals surface area (Å²) in [5.41, 5.74) is 1.61. The van der Waals surface area contributed by atoms with Crippen molar-refractivity contribution in [3.63, 3.8) is 0 Å². The maximum atomic E-state index is 13.1. The molecule has 2 aromatic carbocycles. The van der Waals surface area contributed by atoms with Crippen molar-refractivity contribution < 1.29 is 19.1 Å². The van der Waals surface area contributed by atoms with E-state index in [-0.39, 0.29) is 42.7 Å². The van der Waals surface area contributed by atoms with Crippen molar-refractivity contribution in [1.82, 2.24) is 30.4 Å². The van der Waals surface area contributed by atoms with E-state index in [0.29, 0.717) is 33.5 Å². The molecule has 0 radical (unpaired) electrons. The van der Waals surface area contributed by atoms with E-state index in [2.05, 4.69) is 52.0 Å². The Labute approximate surface area is 268 Å². The van der Waals surface area contributed by atoms with Gasteiger partial charge in [0.05, 0.1) is 11.4 Å². The van der Waals surface area contributed by atoms with Crippen LogP contribution in [0.2, 0.25) is 5.02 Å². The fourth-order valence-corrected chi connectivity index (χ4v) is 5.20. The molecule has 0 aliphatic carbocycles. The van der Waals surface area contributed by atoms with E-state index in [1.54, 1.807) is 40.9 Å². The van der Waals surface area contributed by atoms with Gasteiger partial charge >= 0.3 is 0 Å². The average Bonchev–Trinajstić information content (AvgIpc) is 3.52. The van der Waals surface area contributed by atoms with Gasteiger partial charge in [0.25, 0.3) is 11.8 Å². The molecule has 0 aliphatic rings. The first-order valence-corrected chi connectivity index (χ1v) is 15.2. The Hall–Kier alpha value is -4.38. The third-order valence-corrected chi connectivity index (χ3v) is 8.42. The predicted molar refractivity (Wildman–Crippen MR) is 175 cm³/mol. The topological polar surface area (TPSA) is 143 Å². The zero-order valence-corrected chi connectivity index (χ0v) is 27.8. The lowest BCUT2D eigenvalue weighted by Gasteiger charge is -2.40. The van der Waals surface area contributed by atoms with Crippen molar-refractivity contribution in [1.29, 1.82) is 0 Å². The average molecular weight is 636 g/mol. The summed E-state index contributed by atoms with van der Waals surface area (Å²) in [4.78, 5) is 38.1. The number of fused-ring (bicyclic) bond motifs is 1. The van der Waals surface area contributed by atoms with Gasteiger partial charge in [0.15, 0.2) is 18.1 Å². The predicted octanol–water partition coefficient (Wildman–Crippen LogP) is 5.33. The normalized spacial score (nSPS) is 12.2. The lowest BCUT2D eigenvalue weighted by Crippen LogP contribution is -2.57. The first-order valence-electron chi connectivity index (χ1n) is 14.8. The van der Waals surface area contributed by atoms with E-state index in [4.69, 9.17) is 16.3 Å². The van der Waals surface area contributed by atoms with Crippen LogP contribution in [0, 0.1) is 6.92 Å². The molecule has 0 aliphatic heterocycles. The fourth-order valence-electron chi connectivity index (χ4n) is 4.76. The van der Waals surface area contributed by atoms with Gasteiger partial charge in [-0.1, -0.05) is 76.0 Å². The second-order valence-corrected chi connectivity index (χ2v) is 13.6. The Morgan fingerprint density at radius 2 is 1.67 bits per heavy atom. The maximum Gasteiger partial charge on any atom is 0.258 e. The molecule has 0 saturated heterocycles. The number of nitrogens with zero attached hydrogens (tertiary/aromatic N) is 3. The SMILES string of the molecule is Cc1cccc(C(=O)NCCC(=O)Nc2ccccc2OCC(=O)NC(C)(C)C(C)(C)c2nnc3c(Cl)c(C(C)(C)C)[nH]n23)c1. The summed E-state index contributed by atoms with van der Waals surface area (Å²) in [6.07, 6.45) is 0.0643. The summed E-state index contributed by atoms with van der Waals surface area (Å²) in [5.74, 6) is 0.0588. The lowest BCUT2D eigenvalue weighted by atomic mass is 9.73. The Morgan fingerprint density at radius 3 is 2.36 bits per heavy atom. The summed E-state index contributed by atoms with van der Waals surface area (Å²) in [7, 11) is 0. The van der Waals surface area contributed by atoms with Crippen molar-refractivity contribution in [2.24, 2.45) is 0 Å². The summed E-state index contributed by atoms with van der Waals surface area (Å²) < 4.78 is 7.61. The molecule has 0 saturated carbocycles. The number of aryl methyl sites for hydroxylation is 1. The number of rotatable bonds is 11. The molecule has 3 amide bonds. The highest BCUT2D eigenvalue weighted by atomic mass is 35.5. The van der Waals surface area contributed by atoms with Gasteiger partial charge in [-0.2, -0.15) is 0 Å². The molecule has 45 heavy (non-hydrogen) atoms. The standard InChI is InChI=1S/C33H42ClN7O4/c1-20-12-11-13-21(18-20)29(44)35-17-16-24(42)36-22-14-9-10-15-23(22)45-19-25(43)37-33(7,8)32(5,6)30-39-38-28-26(34)27(31(2,3)4)40-41(28)30/h9-15,18,40H,16-17,19H2,1-8H3,(H,35,44)(H,36,42)(H,37,43). The minimum atomic E-state index is -0.785. The molecule has 0 fully saturated rings. The summed E-state index contributed by atoms with van der Waals surface area (Å²) in [6, 6.07) is 14.1. The molecule has 0 bridgehead atoms. The Bertz CT molecular complexity index is 1720. The first kappa shape index (κ1) is 33.5. The van der Waals surface area contributed by atoms with Crippen LogP contribution in [0.3, 0.4) is 0 Å². The van der Waals surface area contributed by atoms with Crippen LogP contribution in [-0.2, 0) is 20.4 Å². The molecule has 0 spiro atoms. The van der Waals surface area contributed by atoms with Crippen molar-refractivity contribution in [2.75, 3.05) is 18.5 Å². The minimum absolute atomic E-state index is 0.0643. The molecule has 11 nitrogen and oxygen atoms in total. The number of H-pyrrole nitrogens is 1. The van der Waals surface area contributed by atoms with Crippen molar-refractivity contribution in [3.05, 3.63) is 76.2 Å². The second-order valence-electron chi connectivity index (χ2n) is 13.2. The molecular formula is C33H42ClN7O4. The highest BCUT2D eigenvalue weighted by Gasteiger charge is 2.44. The van der Waals surface area contributed by atoms with Crippen molar-refractivity contribution >= 4 is 40.7 Å². The van der Waals surface area contributed by atoms with Crippen LogP contribution in [0.4, 0.5) is 5.69 Å². The number of amides is 3. The molecule has 0 unspecified atom stereocenters. The molecule has 240 valence electrons. The lowest BCUT2D eigenvalue weighted by molar-refractivity contribution is -0.125. The highest BCUT2D eigenvalue weighted by Crippen LogP contribution is 2.37. The molecule has 4 rings (SSSR count). The largest absolute Gasteiger partial charge is 0.482 e. The quantitative estimate of drug-likeness (QED) is 0.176. The van der Waals surface area contributed by atoms with Crippen LogP contribution in [0.1, 0.15) is 82.3 Å². The van der Waals surface area contributed by atoms with Gasteiger partial charge in [-0.15, -0.1) is 10.2 Å². The minimum Gasteiger partial charge on any atom is -0.482 e. The van der Waals surface area contributed by atoms with Gasteiger partial charge in [0, 0.05) is 34.9 Å². The van der Waals surface area contributed by atoms with Crippen LogP contribution >= 0.6 is 11.6 Å². The molecule has 12 heteroatoms. The zero-order valence-electron chi connectivity index (χ0n) is 27.1. The number of halogens is 1. The molecule has 4 N–H and O–H groups in total. The number of benzene rings is 2. The smallest absolute Gasteiger partial charge is 0.258 e. The van der Waals surface area contributed by atoms with Crippen LogP contribution in [0.5, 0.6) is 5.75 Å². The Balaban J connectivity index is 1.35. The van der Waals surface area contributed by atoms with E-state index in [0.717, 1.165) is 11.3 Å². The molecule has 2 heterocycles. The van der Waals surface area contributed by atoms with Gasteiger partial charge in [0.2, 0.25) is 5.91 Å². The number of carbonyl (C=O) groups is 3. The van der Waals surface area contributed by atoms with E-state index in [9.17, 15) is 14.4 Å². The Morgan fingerprint density at radius 1 is 0.956 bits per heavy atom. The third kappa shape index (κ3) is 7.47. The monoisotopic (exact) mass is 635 g/mol. The number of anilines is 1. The van der Waals surface area contributed by atoms with Crippen LogP contribution in [-0.4, -0.2) is 56.2 Å². The molecule has 4 aromatic rings. The second kappa shape index (κ2) is 12.9. The number of hydrogen-bond acceptors (Lipinski definition) is 6. The number of nitrogens with one attached hydrogen (secondary N) is 4. The fraction of sp³-hybridized carbons (Fsp3) is 0.424. The maximum absolute atomic E-state index is 13.1. The molecule has 0 atom stereocenters. The zero-order chi connectivity index (χ0) is 33.2. The van der Waals surface area contributed by atoms with Gasteiger partial charge in [-0.25, -0.2) is 4.52 Å². The number of hydrogen-bond donors (Lipinski definition) is 4. The van der Waals surface area contributed by atoms with Crippen molar-refractivity contribution in [2.45, 2.75) is 78.2 Å². The van der Waals surface area contributed by atoms with E-state index >= 15 is 0 Å². The summed E-state index contributed by atoms with van der Waals surface area (Å²) >= 11 is 6.63. The number of aromatic nitrogens is 4. The van der Waals surface area contributed by atoms with Gasteiger partial charge < -0.3 is 20.7 Å².